The molecule has 0 spiro atoms. The van der Waals surface area contributed by atoms with Gasteiger partial charge in [-0.25, -0.2) is 0 Å². The zero-order valence-corrected chi connectivity index (χ0v) is 16.8. The number of H-pyrrole nitrogens is 1. The first kappa shape index (κ1) is 18.7. The average Bonchev–Trinajstić information content (AvgIpc) is 3.21. The first-order chi connectivity index (χ1) is 14.6. The third-order valence-corrected chi connectivity index (χ3v) is 5.90. The molecule has 1 saturated heterocycles. The van der Waals surface area contributed by atoms with Gasteiger partial charge in [-0.1, -0.05) is 11.6 Å². The molecular weight excluding hydrogens is 382 g/mol. The van der Waals surface area contributed by atoms with Crippen molar-refractivity contribution in [3.8, 4) is 11.5 Å². The molecule has 1 N–H and O–H groups in total. The summed E-state index contributed by atoms with van der Waals surface area (Å²) >= 11 is 0. The van der Waals surface area contributed by atoms with E-state index in [9.17, 15) is 9.59 Å². The molecule has 2 aromatic carbocycles. The number of carbonyl (C=O) groups is 2. The van der Waals surface area contributed by atoms with Crippen LogP contribution in [0.4, 0.5) is 0 Å². The van der Waals surface area contributed by atoms with Gasteiger partial charge in [-0.2, -0.15) is 5.10 Å². The summed E-state index contributed by atoms with van der Waals surface area (Å²) in [7, 11) is 0. The van der Waals surface area contributed by atoms with Crippen molar-refractivity contribution in [3.63, 3.8) is 0 Å². The van der Waals surface area contributed by atoms with Gasteiger partial charge < -0.3 is 14.4 Å². The number of piperidine rings is 1. The fraction of sp³-hybridized carbons (Fsp3) is 0.348. The summed E-state index contributed by atoms with van der Waals surface area (Å²) in [6, 6.07) is 11.3. The number of amides is 1. The molecule has 0 atom stereocenters. The number of aromatic amines is 1. The molecule has 1 amide bonds. The Kier molecular flexibility index (Phi) is 4.65. The lowest BCUT2D eigenvalue weighted by atomic mass is 9.88. The Labute approximate surface area is 174 Å². The lowest BCUT2D eigenvalue weighted by molar-refractivity contribution is 0.0647. The number of rotatable bonds is 3. The van der Waals surface area contributed by atoms with Gasteiger partial charge in [0, 0.05) is 30.0 Å². The van der Waals surface area contributed by atoms with E-state index in [4.69, 9.17) is 9.47 Å². The number of hydrogen-bond acceptors (Lipinski definition) is 5. The van der Waals surface area contributed by atoms with E-state index in [0.29, 0.717) is 61.9 Å². The van der Waals surface area contributed by atoms with E-state index in [1.807, 2.05) is 25.1 Å². The molecule has 7 nitrogen and oxygen atoms in total. The summed E-state index contributed by atoms with van der Waals surface area (Å²) in [6.07, 6.45) is 1.28. The van der Waals surface area contributed by atoms with Crippen LogP contribution in [0.15, 0.2) is 36.4 Å². The maximum Gasteiger partial charge on any atom is 0.274 e. The van der Waals surface area contributed by atoms with Crippen LogP contribution in [0.25, 0.3) is 10.9 Å². The third-order valence-electron chi connectivity index (χ3n) is 5.90. The Hall–Kier alpha value is -3.35. The molecule has 30 heavy (non-hydrogen) atoms. The van der Waals surface area contributed by atoms with Crippen LogP contribution < -0.4 is 9.47 Å². The number of nitrogens with one attached hydrogen (secondary N) is 1. The number of benzene rings is 2. The Bertz CT molecular complexity index is 1130. The highest BCUT2D eigenvalue weighted by Crippen LogP contribution is 2.33. The van der Waals surface area contributed by atoms with Gasteiger partial charge in [0.05, 0.1) is 5.52 Å². The summed E-state index contributed by atoms with van der Waals surface area (Å²) in [4.78, 5) is 27.8. The van der Waals surface area contributed by atoms with Crippen molar-refractivity contribution in [2.75, 3.05) is 26.3 Å². The Morgan fingerprint density at radius 2 is 1.80 bits per heavy atom. The van der Waals surface area contributed by atoms with Crippen molar-refractivity contribution < 1.29 is 19.1 Å². The van der Waals surface area contributed by atoms with E-state index >= 15 is 0 Å². The van der Waals surface area contributed by atoms with Gasteiger partial charge in [0.25, 0.3) is 5.91 Å². The molecular formula is C23H23N3O4. The molecule has 0 unspecified atom stereocenters. The number of ether oxygens (including phenoxy) is 2. The van der Waals surface area contributed by atoms with Crippen LogP contribution in [0.1, 0.15) is 39.3 Å². The van der Waals surface area contributed by atoms with Crippen molar-refractivity contribution in [3.05, 3.63) is 53.2 Å². The van der Waals surface area contributed by atoms with Crippen molar-refractivity contribution >= 4 is 22.6 Å². The molecule has 0 saturated carbocycles. The maximum absolute atomic E-state index is 13.0. The molecule has 7 heteroatoms. The topological polar surface area (TPSA) is 84.5 Å². The SMILES string of the molecule is Cc1ccc2[nH]nc(C(=O)N3CCC(C(=O)c4ccc5c(c4)OCCO5)CC3)c2c1. The number of ketones is 1. The molecule has 1 aromatic heterocycles. The van der Waals surface area contributed by atoms with Gasteiger partial charge in [0.1, 0.15) is 13.2 Å². The van der Waals surface area contributed by atoms with Crippen LogP contribution in [0.2, 0.25) is 0 Å². The largest absolute Gasteiger partial charge is 0.486 e. The van der Waals surface area contributed by atoms with Crippen molar-refractivity contribution in [1.29, 1.82) is 0 Å². The zero-order chi connectivity index (χ0) is 20.7. The number of fused-ring (bicyclic) bond motifs is 2. The predicted octanol–water partition coefficient (Wildman–Crippen LogP) is 3.38. The van der Waals surface area contributed by atoms with E-state index in [2.05, 4.69) is 10.2 Å². The molecule has 3 heterocycles. The summed E-state index contributed by atoms with van der Waals surface area (Å²) in [6.45, 7) is 4.10. The number of aryl methyl sites for hydroxylation is 1. The lowest BCUT2D eigenvalue weighted by Crippen LogP contribution is -2.40. The van der Waals surface area contributed by atoms with E-state index in [-0.39, 0.29) is 17.6 Å². The second-order valence-corrected chi connectivity index (χ2v) is 7.91. The zero-order valence-electron chi connectivity index (χ0n) is 16.8. The Morgan fingerprint density at radius 3 is 2.60 bits per heavy atom. The average molecular weight is 405 g/mol. The monoisotopic (exact) mass is 405 g/mol. The van der Waals surface area contributed by atoms with Gasteiger partial charge in [0.15, 0.2) is 23.0 Å². The number of Topliss-reactive ketones (excluding diaryl/α,β-unsaturated/α-hetero) is 1. The number of hydrogen-bond donors (Lipinski definition) is 1. The van der Waals surface area contributed by atoms with E-state index in [0.717, 1.165) is 16.5 Å². The van der Waals surface area contributed by atoms with Crippen LogP contribution in [0.3, 0.4) is 0 Å². The lowest BCUT2D eigenvalue weighted by Gasteiger charge is -2.31. The fourth-order valence-corrected chi connectivity index (χ4v) is 4.22. The van der Waals surface area contributed by atoms with Crippen LogP contribution in [0, 0.1) is 12.8 Å². The molecule has 0 aliphatic carbocycles. The molecule has 1 fully saturated rings. The van der Waals surface area contributed by atoms with Crippen molar-refractivity contribution in [2.45, 2.75) is 19.8 Å². The summed E-state index contributed by atoms with van der Waals surface area (Å²) in [5.41, 5.74) is 3.03. The van der Waals surface area contributed by atoms with E-state index in [1.165, 1.54) is 0 Å². The molecule has 2 aliphatic rings. The highest BCUT2D eigenvalue weighted by molar-refractivity contribution is 6.05. The van der Waals surface area contributed by atoms with Gasteiger partial charge >= 0.3 is 0 Å². The smallest absolute Gasteiger partial charge is 0.274 e. The normalized spacial score (nSPS) is 16.6. The van der Waals surface area contributed by atoms with E-state index < -0.39 is 0 Å². The number of carbonyl (C=O) groups excluding carboxylic acids is 2. The molecule has 154 valence electrons. The van der Waals surface area contributed by atoms with Crippen molar-refractivity contribution in [1.82, 2.24) is 15.1 Å². The second kappa shape index (κ2) is 7.48. The minimum Gasteiger partial charge on any atom is -0.486 e. The maximum atomic E-state index is 13.0. The van der Waals surface area contributed by atoms with Crippen LogP contribution in [-0.2, 0) is 0 Å². The number of aromatic nitrogens is 2. The molecule has 5 rings (SSSR count). The van der Waals surface area contributed by atoms with Crippen LogP contribution in [-0.4, -0.2) is 53.1 Å². The van der Waals surface area contributed by atoms with Gasteiger partial charge in [0.2, 0.25) is 0 Å². The Morgan fingerprint density at radius 1 is 1.03 bits per heavy atom. The first-order valence-electron chi connectivity index (χ1n) is 10.3. The van der Waals surface area contributed by atoms with Gasteiger partial charge in [-0.15, -0.1) is 0 Å². The Balaban J connectivity index is 1.27. The summed E-state index contributed by atoms with van der Waals surface area (Å²) in [5.74, 6) is 1.21. The third kappa shape index (κ3) is 3.30. The fourth-order valence-electron chi connectivity index (χ4n) is 4.22. The van der Waals surface area contributed by atoms with Crippen LogP contribution >= 0.6 is 0 Å². The van der Waals surface area contributed by atoms with Crippen molar-refractivity contribution in [2.24, 2.45) is 5.92 Å². The predicted molar refractivity (Wildman–Crippen MR) is 111 cm³/mol. The first-order valence-corrected chi connectivity index (χ1v) is 10.3. The summed E-state index contributed by atoms with van der Waals surface area (Å²) in [5, 5.41) is 8.02. The molecule has 0 radical (unpaired) electrons. The second-order valence-electron chi connectivity index (χ2n) is 7.91. The van der Waals surface area contributed by atoms with Gasteiger partial charge in [-0.3, -0.25) is 14.7 Å². The standard InChI is InChI=1S/C23H23N3O4/c1-14-2-4-18-17(12-14)21(25-24-18)23(28)26-8-6-15(7-9-26)22(27)16-3-5-19-20(13-16)30-11-10-29-19/h2-5,12-13,15H,6-11H2,1H3,(H,24,25). The molecule has 0 bridgehead atoms. The minimum absolute atomic E-state index is 0.0860. The van der Waals surface area contributed by atoms with Gasteiger partial charge in [-0.05, 0) is 50.1 Å². The molecule has 3 aromatic rings. The van der Waals surface area contributed by atoms with E-state index in [1.54, 1.807) is 23.1 Å². The van der Waals surface area contributed by atoms with Crippen LogP contribution in [0.5, 0.6) is 11.5 Å². The minimum atomic E-state index is -0.102. The quantitative estimate of drug-likeness (QED) is 0.676. The molecule has 2 aliphatic heterocycles. The summed E-state index contributed by atoms with van der Waals surface area (Å²) < 4.78 is 11.1. The number of nitrogens with zero attached hydrogens (tertiary/aromatic N) is 2. The number of likely N-dealkylation sites (tertiary alicyclic amines) is 1. The highest BCUT2D eigenvalue weighted by atomic mass is 16.6. The highest BCUT2D eigenvalue weighted by Gasteiger charge is 2.30.